The Balaban J connectivity index is 1.81. The van der Waals surface area contributed by atoms with Crippen molar-refractivity contribution in [3.63, 3.8) is 0 Å². The molecule has 116 valence electrons. The molecule has 3 rings (SSSR count). The van der Waals surface area contributed by atoms with Crippen LogP contribution in [0.1, 0.15) is 17.3 Å². The number of benzene rings is 2. The van der Waals surface area contributed by atoms with Gasteiger partial charge in [-0.15, -0.1) is 0 Å². The van der Waals surface area contributed by atoms with Crippen molar-refractivity contribution in [2.75, 3.05) is 10.6 Å². The molecule has 0 aliphatic rings. The molecule has 0 fully saturated rings. The number of carbonyl (C=O) groups excluding carboxylic acids is 2. The molecule has 2 N–H and O–H groups in total. The Kier molecular flexibility index (Phi) is 4.27. The molecule has 0 saturated heterocycles. The van der Waals surface area contributed by atoms with E-state index >= 15 is 0 Å². The number of nitrogens with one attached hydrogen (secondary N) is 2. The van der Waals surface area contributed by atoms with Crippen molar-refractivity contribution >= 4 is 55.8 Å². The molecule has 5 nitrogen and oxygen atoms in total. The molecule has 0 radical (unpaired) electrons. The molecular formula is C16H12ClN3O2S. The highest BCUT2D eigenvalue weighted by Crippen LogP contribution is 2.28. The fraction of sp³-hybridized carbons (Fsp3) is 0.0625. The first kappa shape index (κ1) is 15.5. The van der Waals surface area contributed by atoms with E-state index in [1.165, 1.54) is 18.3 Å². The number of carbonyl (C=O) groups is 2. The van der Waals surface area contributed by atoms with Gasteiger partial charge in [0.1, 0.15) is 0 Å². The minimum Gasteiger partial charge on any atom is -0.322 e. The number of halogens is 1. The normalized spacial score (nSPS) is 10.5. The number of hydrogen-bond donors (Lipinski definition) is 2. The first-order valence-corrected chi connectivity index (χ1v) is 7.96. The molecule has 0 aliphatic carbocycles. The molecule has 1 heterocycles. The van der Waals surface area contributed by atoms with E-state index in [0.717, 1.165) is 10.2 Å². The summed E-state index contributed by atoms with van der Waals surface area (Å²) in [6.45, 7) is 1.43. The van der Waals surface area contributed by atoms with Crippen LogP contribution in [0, 0.1) is 0 Å². The summed E-state index contributed by atoms with van der Waals surface area (Å²) in [4.78, 5) is 27.6. The quantitative estimate of drug-likeness (QED) is 0.748. The molecular weight excluding hydrogens is 334 g/mol. The van der Waals surface area contributed by atoms with E-state index in [9.17, 15) is 9.59 Å². The predicted octanol–water partition coefficient (Wildman–Crippen LogP) is 4.16. The summed E-state index contributed by atoms with van der Waals surface area (Å²) in [6, 6.07) is 12.1. The number of aromatic nitrogens is 1. The third-order valence-corrected chi connectivity index (χ3v) is 4.22. The van der Waals surface area contributed by atoms with Gasteiger partial charge in [-0.05, 0) is 42.5 Å². The highest BCUT2D eigenvalue weighted by atomic mass is 35.5. The van der Waals surface area contributed by atoms with Gasteiger partial charge in [-0.2, -0.15) is 0 Å². The second-order valence-electron chi connectivity index (χ2n) is 4.84. The molecule has 3 aromatic rings. The molecule has 2 amide bonds. The monoisotopic (exact) mass is 345 g/mol. The summed E-state index contributed by atoms with van der Waals surface area (Å²) in [5, 5.41) is 6.60. The molecule has 0 bridgehead atoms. The summed E-state index contributed by atoms with van der Waals surface area (Å²) in [7, 11) is 0. The van der Waals surface area contributed by atoms with Crippen LogP contribution in [-0.4, -0.2) is 16.8 Å². The molecule has 1 aromatic heterocycles. The van der Waals surface area contributed by atoms with Crippen LogP contribution < -0.4 is 10.6 Å². The van der Waals surface area contributed by atoms with Crippen molar-refractivity contribution in [3.05, 3.63) is 53.1 Å². The highest BCUT2D eigenvalue weighted by Gasteiger charge is 2.09. The largest absolute Gasteiger partial charge is 0.322 e. The third kappa shape index (κ3) is 3.67. The lowest BCUT2D eigenvalue weighted by atomic mass is 10.2. The number of amides is 2. The Bertz CT molecular complexity index is 890. The number of anilines is 2. The van der Waals surface area contributed by atoms with Gasteiger partial charge in [0.05, 0.1) is 10.2 Å². The second-order valence-corrected chi connectivity index (χ2v) is 6.31. The Morgan fingerprint density at radius 2 is 1.83 bits per heavy atom. The number of fused-ring (bicyclic) bond motifs is 1. The highest BCUT2D eigenvalue weighted by molar-refractivity contribution is 7.22. The number of rotatable bonds is 3. The fourth-order valence-electron chi connectivity index (χ4n) is 2.01. The average molecular weight is 346 g/mol. The molecule has 23 heavy (non-hydrogen) atoms. The maximum Gasteiger partial charge on any atom is 0.255 e. The van der Waals surface area contributed by atoms with Crippen LogP contribution in [-0.2, 0) is 4.79 Å². The van der Waals surface area contributed by atoms with Crippen LogP contribution in [0.2, 0.25) is 5.02 Å². The molecule has 2 aromatic carbocycles. The lowest BCUT2D eigenvalue weighted by Gasteiger charge is -2.05. The topological polar surface area (TPSA) is 71.1 Å². The van der Waals surface area contributed by atoms with Crippen LogP contribution in [0.5, 0.6) is 0 Å². The molecule has 0 atom stereocenters. The van der Waals surface area contributed by atoms with E-state index in [-0.39, 0.29) is 11.8 Å². The van der Waals surface area contributed by atoms with E-state index in [1.807, 2.05) is 6.07 Å². The number of thiazole rings is 1. The van der Waals surface area contributed by atoms with Crippen LogP contribution >= 0.6 is 22.9 Å². The van der Waals surface area contributed by atoms with E-state index < -0.39 is 0 Å². The average Bonchev–Trinajstić information content (AvgIpc) is 2.88. The lowest BCUT2D eigenvalue weighted by Crippen LogP contribution is -2.11. The first-order valence-electron chi connectivity index (χ1n) is 6.76. The van der Waals surface area contributed by atoms with Crippen LogP contribution in [0.25, 0.3) is 10.2 Å². The minimum absolute atomic E-state index is 0.166. The summed E-state index contributed by atoms with van der Waals surface area (Å²) < 4.78 is 0.877. The van der Waals surface area contributed by atoms with Crippen molar-refractivity contribution in [2.24, 2.45) is 0 Å². The van der Waals surface area contributed by atoms with Crippen molar-refractivity contribution in [3.8, 4) is 0 Å². The van der Waals surface area contributed by atoms with Gasteiger partial charge in [0.15, 0.2) is 5.13 Å². The van der Waals surface area contributed by atoms with Crippen LogP contribution in [0.3, 0.4) is 0 Å². The first-order chi connectivity index (χ1) is 11.0. The Morgan fingerprint density at radius 1 is 1.09 bits per heavy atom. The maximum atomic E-state index is 12.2. The van der Waals surface area contributed by atoms with Crippen molar-refractivity contribution in [2.45, 2.75) is 6.92 Å². The predicted molar refractivity (Wildman–Crippen MR) is 93.3 cm³/mol. The van der Waals surface area contributed by atoms with Gasteiger partial charge >= 0.3 is 0 Å². The minimum atomic E-state index is -0.215. The van der Waals surface area contributed by atoms with E-state index in [0.29, 0.717) is 21.4 Å². The molecule has 0 saturated carbocycles. The molecule has 0 unspecified atom stereocenters. The second kappa shape index (κ2) is 6.36. The smallest absolute Gasteiger partial charge is 0.255 e. The van der Waals surface area contributed by atoms with Gasteiger partial charge in [-0.3, -0.25) is 9.59 Å². The third-order valence-electron chi connectivity index (χ3n) is 3.04. The summed E-state index contributed by atoms with van der Waals surface area (Å²) in [5.74, 6) is -0.382. The van der Waals surface area contributed by atoms with Crippen molar-refractivity contribution in [1.82, 2.24) is 4.98 Å². The van der Waals surface area contributed by atoms with E-state index in [4.69, 9.17) is 11.6 Å². The van der Waals surface area contributed by atoms with E-state index in [1.54, 1.807) is 36.4 Å². The Labute approximate surface area is 141 Å². The zero-order chi connectivity index (χ0) is 16.4. The van der Waals surface area contributed by atoms with Gasteiger partial charge in [-0.1, -0.05) is 22.9 Å². The molecule has 0 spiro atoms. The zero-order valence-electron chi connectivity index (χ0n) is 12.1. The molecule has 7 heteroatoms. The lowest BCUT2D eigenvalue weighted by molar-refractivity contribution is -0.114. The van der Waals surface area contributed by atoms with Crippen LogP contribution in [0.4, 0.5) is 10.8 Å². The van der Waals surface area contributed by atoms with Gasteiger partial charge in [0.25, 0.3) is 5.91 Å². The summed E-state index contributed by atoms with van der Waals surface area (Å²) in [5.41, 5.74) is 1.96. The van der Waals surface area contributed by atoms with Gasteiger partial charge in [0.2, 0.25) is 5.91 Å². The molecule has 0 aliphatic heterocycles. The zero-order valence-corrected chi connectivity index (χ0v) is 13.7. The van der Waals surface area contributed by atoms with E-state index in [2.05, 4.69) is 15.6 Å². The van der Waals surface area contributed by atoms with Crippen molar-refractivity contribution < 1.29 is 9.59 Å². The van der Waals surface area contributed by atoms with Gasteiger partial charge in [0, 0.05) is 23.2 Å². The maximum absolute atomic E-state index is 12.2. The van der Waals surface area contributed by atoms with Gasteiger partial charge in [-0.25, -0.2) is 4.98 Å². The number of hydrogen-bond acceptors (Lipinski definition) is 4. The Morgan fingerprint density at radius 3 is 2.52 bits per heavy atom. The fourth-order valence-corrected chi connectivity index (χ4v) is 3.09. The standard InChI is InChI=1S/C16H12ClN3O2S/c1-9(21)18-16-20-13-7-6-12(8-14(13)23-16)19-15(22)10-2-4-11(17)5-3-10/h2-8H,1H3,(H,19,22)(H,18,20,21). The number of nitrogens with zero attached hydrogens (tertiary/aromatic N) is 1. The van der Waals surface area contributed by atoms with Crippen molar-refractivity contribution in [1.29, 1.82) is 0 Å². The Hall–Kier alpha value is -2.44. The van der Waals surface area contributed by atoms with Gasteiger partial charge < -0.3 is 10.6 Å². The van der Waals surface area contributed by atoms with Crippen LogP contribution in [0.15, 0.2) is 42.5 Å². The summed E-state index contributed by atoms with van der Waals surface area (Å²) in [6.07, 6.45) is 0. The SMILES string of the molecule is CC(=O)Nc1nc2ccc(NC(=O)c3ccc(Cl)cc3)cc2s1. The summed E-state index contributed by atoms with van der Waals surface area (Å²) >= 11 is 7.17.